The van der Waals surface area contributed by atoms with E-state index in [2.05, 4.69) is 20.3 Å². The minimum absolute atomic E-state index is 0.0188. The van der Waals surface area contributed by atoms with Gasteiger partial charge in [-0.25, -0.2) is 14.8 Å². The second kappa shape index (κ2) is 5.65. The minimum atomic E-state index is -1.10. The first-order chi connectivity index (χ1) is 10.6. The van der Waals surface area contributed by atoms with Gasteiger partial charge in [0, 0.05) is 28.9 Å². The Morgan fingerprint density at radius 2 is 1.86 bits per heavy atom. The number of nitrogens with zero attached hydrogens (tertiary/aromatic N) is 2. The van der Waals surface area contributed by atoms with Crippen LogP contribution in [0.3, 0.4) is 0 Å². The van der Waals surface area contributed by atoms with Gasteiger partial charge in [0.05, 0.1) is 6.42 Å². The van der Waals surface area contributed by atoms with Gasteiger partial charge >= 0.3 is 5.97 Å². The van der Waals surface area contributed by atoms with Gasteiger partial charge in [0.1, 0.15) is 5.69 Å². The van der Waals surface area contributed by atoms with Crippen molar-refractivity contribution in [2.45, 2.75) is 6.42 Å². The summed E-state index contributed by atoms with van der Waals surface area (Å²) in [5.74, 6) is -1.29. The Morgan fingerprint density at radius 1 is 1.14 bits per heavy atom. The van der Waals surface area contributed by atoms with Gasteiger partial charge in [0.25, 0.3) is 0 Å². The molecule has 0 aliphatic heterocycles. The number of carbonyl (C=O) groups excluding carboxylic acids is 1. The number of aromatic nitrogens is 3. The molecule has 0 bridgehead atoms. The summed E-state index contributed by atoms with van der Waals surface area (Å²) in [6.07, 6.45) is 2.94. The molecule has 0 saturated carbocycles. The number of rotatable bonds is 4. The fraction of sp³-hybridized carbons (Fsp3) is 0.0667. The molecule has 0 radical (unpaired) electrons. The van der Waals surface area contributed by atoms with E-state index in [1.54, 1.807) is 30.3 Å². The number of hydrogen-bond donors (Lipinski definition) is 3. The van der Waals surface area contributed by atoms with Gasteiger partial charge in [-0.15, -0.1) is 0 Å². The summed E-state index contributed by atoms with van der Waals surface area (Å²) in [7, 11) is 0. The topological polar surface area (TPSA) is 108 Å². The zero-order valence-electron chi connectivity index (χ0n) is 11.4. The van der Waals surface area contributed by atoms with E-state index in [0.717, 1.165) is 0 Å². The first-order valence-electron chi connectivity index (χ1n) is 6.55. The van der Waals surface area contributed by atoms with Crippen LogP contribution in [0.2, 0.25) is 0 Å². The van der Waals surface area contributed by atoms with Crippen molar-refractivity contribution in [3.8, 4) is 0 Å². The summed E-state index contributed by atoms with van der Waals surface area (Å²) < 4.78 is 0. The number of carboxylic acid groups (broad SMARTS) is 1. The molecule has 3 N–H and O–H groups in total. The summed E-state index contributed by atoms with van der Waals surface area (Å²) >= 11 is 0. The normalized spacial score (nSPS) is 10.5. The standard InChI is InChI=1S/C15H12N4O3/c20-12(19-15-16-6-3-7-17-15)8-10-9-4-1-2-5-11(9)18-13(10)14(21)22/h1-7,18H,8H2,(H,21,22)(H,16,17,19,20). The van der Waals surface area contributed by atoms with Crippen LogP contribution in [0.5, 0.6) is 0 Å². The maximum absolute atomic E-state index is 12.1. The highest BCUT2D eigenvalue weighted by Gasteiger charge is 2.19. The van der Waals surface area contributed by atoms with Crippen LogP contribution < -0.4 is 5.32 Å². The van der Waals surface area contributed by atoms with Crippen LogP contribution in [-0.2, 0) is 11.2 Å². The molecule has 0 fully saturated rings. The molecule has 0 spiro atoms. The third kappa shape index (κ3) is 2.64. The third-order valence-electron chi connectivity index (χ3n) is 3.18. The lowest BCUT2D eigenvalue weighted by Crippen LogP contribution is -2.17. The molecule has 7 nitrogen and oxygen atoms in total. The lowest BCUT2D eigenvalue weighted by Gasteiger charge is -2.03. The number of carboxylic acids is 1. The molecule has 110 valence electrons. The van der Waals surface area contributed by atoms with E-state index >= 15 is 0 Å². The van der Waals surface area contributed by atoms with E-state index in [4.69, 9.17) is 0 Å². The summed E-state index contributed by atoms with van der Waals surface area (Å²) in [6.45, 7) is 0. The van der Waals surface area contributed by atoms with E-state index in [1.807, 2.05) is 0 Å². The van der Waals surface area contributed by atoms with E-state index < -0.39 is 5.97 Å². The van der Waals surface area contributed by atoms with Crippen LogP contribution in [0, 0.1) is 0 Å². The van der Waals surface area contributed by atoms with Crippen LogP contribution in [0.15, 0.2) is 42.7 Å². The van der Waals surface area contributed by atoms with Gasteiger partial charge in [0.15, 0.2) is 0 Å². The van der Waals surface area contributed by atoms with Gasteiger partial charge < -0.3 is 10.1 Å². The summed E-state index contributed by atoms with van der Waals surface area (Å²) in [5.41, 5.74) is 1.14. The lowest BCUT2D eigenvalue weighted by molar-refractivity contribution is -0.115. The summed E-state index contributed by atoms with van der Waals surface area (Å²) in [4.78, 5) is 34.1. The van der Waals surface area contributed by atoms with Crippen molar-refractivity contribution in [2.75, 3.05) is 5.32 Å². The number of aromatic carboxylic acids is 1. The molecular weight excluding hydrogens is 284 g/mol. The fourth-order valence-electron chi connectivity index (χ4n) is 2.26. The van der Waals surface area contributed by atoms with Crippen molar-refractivity contribution in [3.05, 3.63) is 54.0 Å². The molecule has 3 aromatic rings. The largest absolute Gasteiger partial charge is 0.477 e. The predicted octanol–water partition coefficient (Wildman–Crippen LogP) is 1.84. The number of nitrogens with one attached hydrogen (secondary N) is 2. The summed E-state index contributed by atoms with van der Waals surface area (Å²) in [6, 6.07) is 8.77. The molecule has 1 aromatic carbocycles. The Balaban J connectivity index is 1.91. The molecule has 0 saturated heterocycles. The van der Waals surface area contributed by atoms with Crippen molar-refractivity contribution in [2.24, 2.45) is 0 Å². The van der Waals surface area contributed by atoms with Gasteiger partial charge in [-0.1, -0.05) is 18.2 Å². The van der Waals surface area contributed by atoms with Gasteiger partial charge in [0.2, 0.25) is 11.9 Å². The number of amides is 1. The average molecular weight is 296 g/mol. The quantitative estimate of drug-likeness (QED) is 0.680. The second-order valence-corrected chi connectivity index (χ2v) is 4.63. The smallest absolute Gasteiger partial charge is 0.352 e. The zero-order valence-corrected chi connectivity index (χ0v) is 11.4. The van der Waals surface area contributed by atoms with Crippen LogP contribution in [0.4, 0.5) is 5.95 Å². The molecular formula is C15H12N4O3. The molecule has 3 rings (SSSR count). The van der Waals surface area contributed by atoms with Crippen LogP contribution in [0.25, 0.3) is 10.9 Å². The highest BCUT2D eigenvalue weighted by atomic mass is 16.4. The molecule has 0 aliphatic rings. The zero-order chi connectivity index (χ0) is 15.5. The monoisotopic (exact) mass is 296 g/mol. The van der Waals surface area contributed by atoms with E-state index in [-0.39, 0.29) is 24.0 Å². The first kappa shape index (κ1) is 13.7. The maximum Gasteiger partial charge on any atom is 0.352 e. The number of carbonyl (C=O) groups is 2. The molecule has 2 aromatic heterocycles. The number of fused-ring (bicyclic) bond motifs is 1. The van der Waals surface area contributed by atoms with Crippen LogP contribution >= 0.6 is 0 Å². The first-order valence-corrected chi connectivity index (χ1v) is 6.55. The van der Waals surface area contributed by atoms with Crippen molar-refractivity contribution < 1.29 is 14.7 Å². The number of anilines is 1. The lowest BCUT2D eigenvalue weighted by atomic mass is 10.1. The Morgan fingerprint density at radius 3 is 2.59 bits per heavy atom. The Kier molecular flexibility index (Phi) is 3.53. The van der Waals surface area contributed by atoms with E-state index in [9.17, 15) is 14.7 Å². The molecule has 2 heterocycles. The molecule has 22 heavy (non-hydrogen) atoms. The Labute approximate surface area is 125 Å². The fourth-order valence-corrected chi connectivity index (χ4v) is 2.26. The van der Waals surface area contributed by atoms with E-state index in [0.29, 0.717) is 16.5 Å². The maximum atomic E-state index is 12.1. The van der Waals surface area contributed by atoms with Gasteiger partial charge in [-0.3, -0.25) is 10.1 Å². The average Bonchev–Trinajstić information content (AvgIpc) is 2.87. The Hall–Kier alpha value is -3.22. The number of hydrogen-bond acceptors (Lipinski definition) is 4. The van der Waals surface area contributed by atoms with Crippen LogP contribution in [0.1, 0.15) is 16.1 Å². The molecule has 0 aliphatic carbocycles. The van der Waals surface area contributed by atoms with Gasteiger partial charge in [-0.2, -0.15) is 0 Å². The number of para-hydroxylation sites is 1. The SMILES string of the molecule is O=C(Cc1c(C(=O)O)[nH]c2ccccc12)Nc1ncccn1. The van der Waals surface area contributed by atoms with Crippen molar-refractivity contribution in [3.63, 3.8) is 0 Å². The minimum Gasteiger partial charge on any atom is -0.477 e. The van der Waals surface area contributed by atoms with Crippen molar-refractivity contribution in [1.82, 2.24) is 15.0 Å². The molecule has 7 heteroatoms. The Bertz CT molecular complexity index is 842. The van der Waals surface area contributed by atoms with Crippen LogP contribution in [-0.4, -0.2) is 31.9 Å². The van der Waals surface area contributed by atoms with Crippen molar-refractivity contribution in [1.29, 1.82) is 0 Å². The number of aromatic amines is 1. The molecule has 1 amide bonds. The predicted molar refractivity (Wildman–Crippen MR) is 79.6 cm³/mol. The second-order valence-electron chi connectivity index (χ2n) is 4.63. The number of H-pyrrole nitrogens is 1. The highest BCUT2D eigenvalue weighted by molar-refractivity contribution is 6.01. The van der Waals surface area contributed by atoms with E-state index in [1.165, 1.54) is 12.4 Å². The number of benzene rings is 1. The van der Waals surface area contributed by atoms with Crippen molar-refractivity contribution >= 4 is 28.7 Å². The highest BCUT2D eigenvalue weighted by Crippen LogP contribution is 2.23. The molecule has 0 unspecified atom stereocenters. The molecule has 0 atom stereocenters. The summed E-state index contributed by atoms with van der Waals surface area (Å²) in [5, 5.41) is 12.5. The third-order valence-corrected chi connectivity index (χ3v) is 3.18. The van der Waals surface area contributed by atoms with Gasteiger partial charge in [-0.05, 0) is 12.1 Å².